The van der Waals surface area contributed by atoms with Gasteiger partial charge in [-0.25, -0.2) is 4.98 Å². The first-order valence-corrected chi connectivity index (χ1v) is 9.50. The van der Waals surface area contributed by atoms with Crippen LogP contribution in [0, 0.1) is 11.3 Å². The Labute approximate surface area is 159 Å². The average Bonchev–Trinajstić information content (AvgIpc) is 2.75. The Balaban J connectivity index is 1.44. The first-order valence-electron chi connectivity index (χ1n) is 9.50. The minimum absolute atomic E-state index is 0.290. The van der Waals surface area contributed by atoms with Gasteiger partial charge >= 0.3 is 0 Å². The standard InChI is InChI=1S/C20H24N6O/c21-14-16-4-1-2-6-18(16)26-9-3-5-17(15-26)23-19-7-8-22-20(24-19)25-10-12-27-13-11-25/h1-2,4,6-8,17H,3,5,9-13,15H2,(H,22,23,24). The number of nitrogens with zero attached hydrogens (tertiary/aromatic N) is 5. The van der Waals surface area contributed by atoms with Crippen LogP contribution in [-0.2, 0) is 4.74 Å². The third kappa shape index (κ3) is 4.12. The summed E-state index contributed by atoms with van der Waals surface area (Å²) < 4.78 is 5.40. The van der Waals surface area contributed by atoms with E-state index in [0.717, 1.165) is 75.3 Å². The number of hydrogen-bond donors (Lipinski definition) is 1. The SMILES string of the molecule is N#Cc1ccccc1N1CCCC(Nc2ccnc(N3CCOCC3)n2)C1. The van der Waals surface area contributed by atoms with E-state index in [1.165, 1.54) is 0 Å². The lowest BCUT2D eigenvalue weighted by molar-refractivity contribution is 0.122. The van der Waals surface area contributed by atoms with Crippen molar-refractivity contribution in [2.45, 2.75) is 18.9 Å². The molecule has 7 nitrogen and oxygen atoms in total. The van der Waals surface area contributed by atoms with Crippen molar-refractivity contribution in [1.82, 2.24) is 9.97 Å². The predicted octanol–water partition coefficient (Wildman–Crippen LogP) is 2.27. The molecule has 4 rings (SSSR count). The first-order chi connectivity index (χ1) is 13.3. The van der Waals surface area contributed by atoms with Crippen LogP contribution in [0.4, 0.5) is 17.5 Å². The van der Waals surface area contributed by atoms with E-state index in [9.17, 15) is 5.26 Å². The highest BCUT2D eigenvalue weighted by atomic mass is 16.5. The van der Waals surface area contributed by atoms with E-state index in [-0.39, 0.29) is 6.04 Å². The molecule has 2 fully saturated rings. The molecule has 0 aliphatic carbocycles. The second kappa shape index (κ2) is 8.23. The summed E-state index contributed by atoms with van der Waals surface area (Å²) in [4.78, 5) is 13.6. The Morgan fingerprint density at radius 1 is 1.11 bits per heavy atom. The minimum Gasteiger partial charge on any atom is -0.378 e. The third-order valence-electron chi connectivity index (χ3n) is 5.08. The zero-order valence-corrected chi connectivity index (χ0v) is 15.3. The number of nitrogens with one attached hydrogen (secondary N) is 1. The van der Waals surface area contributed by atoms with Gasteiger partial charge in [0.05, 0.1) is 24.5 Å². The van der Waals surface area contributed by atoms with Crippen LogP contribution in [0.15, 0.2) is 36.5 Å². The molecule has 2 saturated heterocycles. The van der Waals surface area contributed by atoms with E-state index < -0.39 is 0 Å². The molecule has 0 radical (unpaired) electrons. The molecule has 1 unspecified atom stereocenters. The van der Waals surface area contributed by atoms with E-state index in [1.807, 2.05) is 36.5 Å². The van der Waals surface area contributed by atoms with Crippen LogP contribution >= 0.6 is 0 Å². The Morgan fingerprint density at radius 2 is 1.96 bits per heavy atom. The molecule has 0 amide bonds. The van der Waals surface area contributed by atoms with Gasteiger partial charge in [0.1, 0.15) is 11.9 Å². The van der Waals surface area contributed by atoms with Gasteiger partial charge in [0.2, 0.25) is 5.95 Å². The molecule has 2 aliphatic rings. The van der Waals surface area contributed by atoms with Crippen LogP contribution in [-0.4, -0.2) is 55.4 Å². The predicted molar refractivity (Wildman–Crippen MR) is 105 cm³/mol. The molecule has 1 N–H and O–H groups in total. The number of para-hydroxylation sites is 1. The number of nitriles is 1. The van der Waals surface area contributed by atoms with Crippen molar-refractivity contribution in [1.29, 1.82) is 5.26 Å². The number of anilines is 3. The largest absolute Gasteiger partial charge is 0.378 e. The lowest BCUT2D eigenvalue weighted by Gasteiger charge is -2.35. The van der Waals surface area contributed by atoms with E-state index >= 15 is 0 Å². The summed E-state index contributed by atoms with van der Waals surface area (Å²) >= 11 is 0. The summed E-state index contributed by atoms with van der Waals surface area (Å²) in [5.41, 5.74) is 1.75. The van der Waals surface area contributed by atoms with Crippen molar-refractivity contribution in [3.05, 3.63) is 42.1 Å². The Morgan fingerprint density at radius 3 is 2.81 bits per heavy atom. The van der Waals surface area contributed by atoms with Crippen LogP contribution in [0.2, 0.25) is 0 Å². The van der Waals surface area contributed by atoms with Crippen LogP contribution in [0.5, 0.6) is 0 Å². The maximum atomic E-state index is 9.38. The molecule has 27 heavy (non-hydrogen) atoms. The molecule has 7 heteroatoms. The summed E-state index contributed by atoms with van der Waals surface area (Å²) in [6.45, 7) is 4.92. The number of morpholine rings is 1. The zero-order valence-electron chi connectivity index (χ0n) is 15.3. The smallest absolute Gasteiger partial charge is 0.227 e. The van der Waals surface area contributed by atoms with Gasteiger partial charge in [-0.1, -0.05) is 12.1 Å². The molecule has 3 heterocycles. The van der Waals surface area contributed by atoms with Gasteiger partial charge in [-0.2, -0.15) is 10.2 Å². The van der Waals surface area contributed by atoms with Gasteiger partial charge in [-0.15, -0.1) is 0 Å². The number of ether oxygens (including phenoxy) is 1. The van der Waals surface area contributed by atoms with Gasteiger partial charge in [-0.3, -0.25) is 0 Å². The minimum atomic E-state index is 0.290. The normalized spacial score (nSPS) is 20.2. The van der Waals surface area contributed by atoms with Gasteiger partial charge in [0.15, 0.2) is 0 Å². The molecule has 1 aromatic heterocycles. The summed E-state index contributed by atoms with van der Waals surface area (Å²) in [6.07, 6.45) is 3.98. The van der Waals surface area contributed by atoms with Crippen molar-refractivity contribution in [2.24, 2.45) is 0 Å². The van der Waals surface area contributed by atoms with Crippen molar-refractivity contribution in [2.75, 3.05) is 54.5 Å². The lowest BCUT2D eigenvalue weighted by atomic mass is 10.0. The molecular formula is C20H24N6O. The van der Waals surface area contributed by atoms with Crippen LogP contribution in [0.25, 0.3) is 0 Å². The zero-order chi connectivity index (χ0) is 18.5. The van der Waals surface area contributed by atoms with Crippen molar-refractivity contribution in [3.8, 4) is 6.07 Å². The molecule has 140 valence electrons. The summed E-state index contributed by atoms with van der Waals surface area (Å²) in [6, 6.07) is 12.3. The van der Waals surface area contributed by atoms with E-state index in [0.29, 0.717) is 0 Å². The molecule has 0 spiro atoms. The fourth-order valence-corrected chi connectivity index (χ4v) is 3.71. The quantitative estimate of drug-likeness (QED) is 0.892. The topological polar surface area (TPSA) is 77.3 Å². The number of rotatable bonds is 4. The molecular weight excluding hydrogens is 340 g/mol. The molecule has 2 aliphatic heterocycles. The molecule has 2 aromatic rings. The summed E-state index contributed by atoms with van der Waals surface area (Å²) in [7, 11) is 0. The lowest BCUT2D eigenvalue weighted by Crippen LogP contribution is -2.42. The van der Waals surface area contributed by atoms with E-state index in [1.54, 1.807) is 0 Å². The van der Waals surface area contributed by atoms with Gasteiger partial charge in [0, 0.05) is 38.4 Å². The monoisotopic (exact) mass is 364 g/mol. The van der Waals surface area contributed by atoms with E-state index in [4.69, 9.17) is 9.72 Å². The Hall–Kier alpha value is -2.85. The summed E-state index contributed by atoms with van der Waals surface area (Å²) in [5.74, 6) is 1.61. The Bertz CT molecular complexity index is 814. The highest BCUT2D eigenvalue weighted by Gasteiger charge is 2.22. The van der Waals surface area contributed by atoms with Crippen LogP contribution in [0.3, 0.4) is 0 Å². The third-order valence-corrected chi connectivity index (χ3v) is 5.08. The Kier molecular flexibility index (Phi) is 5.35. The number of hydrogen-bond acceptors (Lipinski definition) is 7. The first kappa shape index (κ1) is 17.6. The second-order valence-electron chi connectivity index (χ2n) is 6.90. The van der Waals surface area contributed by atoms with Gasteiger partial charge < -0.3 is 19.9 Å². The number of benzene rings is 1. The van der Waals surface area contributed by atoms with Gasteiger partial charge in [0.25, 0.3) is 0 Å². The highest BCUT2D eigenvalue weighted by molar-refractivity contribution is 5.59. The number of piperidine rings is 1. The maximum absolute atomic E-state index is 9.38. The van der Waals surface area contributed by atoms with Crippen LogP contribution < -0.4 is 15.1 Å². The second-order valence-corrected chi connectivity index (χ2v) is 6.90. The van der Waals surface area contributed by atoms with E-state index in [2.05, 4.69) is 26.2 Å². The maximum Gasteiger partial charge on any atom is 0.227 e. The molecule has 1 aromatic carbocycles. The fraction of sp³-hybridized carbons (Fsp3) is 0.450. The summed E-state index contributed by atoms with van der Waals surface area (Å²) in [5, 5.41) is 12.9. The fourth-order valence-electron chi connectivity index (χ4n) is 3.71. The number of aromatic nitrogens is 2. The van der Waals surface area contributed by atoms with Crippen LogP contribution in [0.1, 0.15) is 18.4 Å². The van der Waals surface area contributed by atoms with Crippen molar-refractivity contribution >= 4 is 17.5 Å². The molecule has 0 saturated carbocycles. The van der Waals surface area contributed by atoms with Crippen molar-refractivity contribution < 1.29 is 4.74 Å². The molecule has 1 atom stereocenters. The highest BCUT2D eigenvalue weighted by Crippen LogP contribution is 2.25. The van der Waals surface area contributed by atoms with Crippen molar-refractivity contribution in [3.63, 3.8) is 0 Å². The molecule has 0 bridgehead atoms. The average molecular weight is 364 g/mol. The van der Waals surface area contributed by atoms with Gasteiger partial charge in [-0.05, 0) is 31.0 Å².